The molecule has 5 rings (SSSR count). The summed E-state index contributed by atoms with van der Waals surface area (Å²) in [4.78, 5) is 13.1. The molecule has 0 amide bonds. The van der Waals surface area contributed by atoms with E-state index in [2.05, 4.69) is 6.92 Å². The number of carbonyl (C=O) groups is 1. The number of hydrogen-bond acceptors (Lipinski definition) is 3. The number of hydrogen-bond donors (Lipinski definition) is 1. The van der Waals surface area contributed by atoms with Gasteiger partial charge in [0.15, 0.2) is 0 Å². The van der Waals surface area contributed by atoms with Crippen molar-refractivity contribution < 1.29 is 14.3 Å². The zero-order valence-corrected chi connectivity index (χ0v) is 17.5. The normalized spacial score (nSPS) is 47.8. The molecule has 154 valence electrons. The minimum absolute atomic E-state index is 0.192. The van der Waals surface area contributed by atoms with Crippen molar-refractivity contribution in [3.63, 3.8) is 0 Å². The maximum Gasteiger partial charge on any atom is 0.144 e. The average Bonchev–Trinajstić information content (AvgIpc) is 3.27. The van der Waals surface area contributed by atoms with Crippen molar-refractivity contribution in [2.75, 3.05) is 0 Å². The summed E-state index contributed by atoms with van der Waals surface area (Å²) >= 11 is 0. The molecule has 0 unspecified atom stereocenters. The van der Waals surface area contributed by atoms with Crippen LogP contribution in [0.15, 0.2) is 22.8 Å². The first kappa shape index (κ1) is 18.9. The largest absolute Gasteiger partial charge is 0.469 e. The van der Waals surface area contributed by atoms with Gasteiger partial charge in [0, 0.05) is 5.92 Å². The van der Waals surface area contributed by atoms with Crippen LogP contribution >= 0.6 is 0 Å². The van der Waals surface area contributed by atoms with E-state index in [1.165, 1.54) is 38.5 Å². The van der Waals surface area contributed by atoms with Crippen molar-refractivity contribution in [2.24, 2.45) is 40.9 Å². The number of furan rings is 1. The van der Waals surface area contributed by atoms with E-state index < -0.39 is 5.60 Å². The Morgan fingerprint density at radius 2 is 1.89 bits per heavy atom. The Morgan fingerprint density at radius 1 is 1.07 bits per heavy atom. The number of aliphatic hydroxyl groups is 1. The van der Waals surface area contributed by atoms with Gasteiger partial charge in [-0.3, -0.25) is 4.79 Å². The zero-order chi connectivity index (χ0) is 19.5. The topological polar surface area (TPSA) is 50.4 Å². The molecule has 4 fully saturated rings. The standard InChI is InChI=1S/C25H36O3/c1-24(27)11-9-18-16(15-24)5-6-20-19(18)10-12-25(2)21(20)7-8-22(25)23(26)14-17-4-3-13-28-17/h3-4,13,16,18-22,27H,5-12,14-15H2,1-2H3/t16-,18+,19-,20-,21+,22-,24-,25+/m1/s1. The highest BCUT2D eigenvalue weighted by Crippen LogP contribution is 2.64. The van der Waals surface area contributed by atoms with E-state index in [9.17, 15) is 9.90 Å². The van der Waals surface area contributed by atoms with Crippen molar-refractivity contribution in [3.8, 4) is 0 Å². The van der Waals surface area contributed by atoms with Gasteiger partial charge in [-0.25, -0.2) is 0 Å². The minimum atomic E-state index is -0.437. The van der Waals surface area contributed by atoms with Gasteiger partial charge in [0.05, 0.1) is 18.3 Å². The molecular formula is C25H36O3. The van der Waals surface area contributed by atoms with E-state index in [1.54, 1.807) is 6.26 Å². The van der Waals surface area contributed by atoms with Gasteiger partial charge in [-0.1, -0.05) is 6.92 Å². The molecule has 0 saturated heterocycles. The molecule has 1 heterocycles. The van der Waals surface area contributed by atoms with Gasteiger partial charge in [0.25, 0.3) is 0 Å². The lowest BCUT2D eigenvalue weighted by Gasteiger charge is -2.56. The van der Waals surface area contributed by atoms with Crippen molar-refractivity contribution >= 4 is 5.78 Å². The molecule has 28 heavy (non-hydrogen) atoms. The van der Waals surface area contributed by atoms with Crippen molar-refractivity contribution in [1.29, 1.82) is 0 Å². The smallest absolute Gasteiger partial charge is 0.144 e. The zero-order valence-electron chi connectivity index (χ0n) is 17.5. The van der Waals surface area contributed by atoms with E-state index in [4.69, 9.17) is 4.42 Å². The molecule has 4 saturated carbocycles. The summed E-state index contributed by atoms with van der Waals surface area (Å²) in [6.45, 7) is 4.47. The Balaban J connectivity index is 1.32. The Bertz CT molecular complexity index is 720. The van der Waals surface area contributed by atoms with Crippen molar-refractivity contribution in [3.05, 3.63) is 24.2 Å². The molecule has 1 N–H and O–H groups in total. The van der Waals surface area contributed by atoms with Gasteiger partial charge in [0.2, 0.25) is 0 Å². The molecule has 3 heteroatoms. The monoisotopic (exact) mass is 384 g/mol. The number of fused-ring (bicyclic) bond motifs is 5. The summed E-state index contributed by atoms with van der Waals surface area (Å²) in [5.41, 5.74) is -0.244. The molecule has 1 aromatic rings. The minimum Gasteiger partial charge on any atom is -0.469 e. The van der Waals surface area contributed by atoms with Crippen LogP contribution in [0.3, 0.4) is 0 Å². The number of carbonyl (C=O) groups excluding carboxylic acids is 1. The SMILES string of the molecule is C[C@@]1(O)CC[C@H]2[C@H](CC[C@@H]3[C@@H]2CC[C@]2(C)[C@@H](C(=O)Cc4ccco4)CC[C@@H]32)C1. The van der Waals surface area contributed by atoms with E-state index in [1.807, 2.05) is 19.1 Å². The number of ketones is 1. The molecule has 1 aromatic heterocycles. The predicted octanol–water partition coefficient (Wildman–Crippen LogP) is 5.41. The second-order valence-corrected chi connectivity index (χ2v) is 11.1. The predicted molar refractivity (Wildman–Crippen MR) is 109 cm³/mol. The molecule has 0 radical (unpaired) electrons. The fourth-order valence-electron chi connectivity index (χ4n) is 8.32. The second-order valence-electron chi connectivity index (χ2n) is 11.1. The third-order valence-corrected chi connectivity index (χ3v) is 9.55. The van der Waals surface area contributed by atoms with Crippen LogP contribution in [0.4, 0.5) is 0 Å². The van der Waals surface area contributed by atoms with E-state index in [0.717, 1.165) is 54.6 Å². The summed E-state index contributed by atoms with van der Waals surface area (Å²) < 4.78 is 5.45. The maximum absolute atomic E-state index is 13.1. The molecule has 0 aromatic carbocycles. The Kier molecular flexibility index (Phi) is 4.54. The van der Waals surface area contributed by atoms with Crippen LogP contribution in [0.5, 0.6) is 0 Å². The molecule has 4 aliphatic rings. The molecule has 0 bridgehead atoms. The van der Waals surface area contributed by atoms with Gasteiger partial charge < -0.3 is 9.52 Å². The lowest BCUT2D eigenvalue weighted by atomic mass is 9.49. The maximum atomic E-state index is 13.1. The Hall–Kier alpha value is -1.09. The van der Waals surface area contributed by atoms with Crippen LogP contribution < -0.4 is 0 Å². The first-order valence-electron chi connectivity index (χ1n) is 11.6. The molecule has 3 nitrogen and oxygen atoms in total. The lowest BCUT2D eigenvalue weighted by Crippen LogP contribution is -2.51. The summed E-state index contributed by atoms with van der Waals surface area (Å²) in [6.07, 6.45) is 12.8. The van der Waals surface area contributed by atoms with E-state index in [0.29, 0.717) is 12.2 Å². The van der Waals surface area contributed by atoms with E-state index >= 15 is 0 Å². The van der Waals surface area contributed by atoms with Crippen LogP contribution in [0.25, 0.3) is 0 Å². The lowest BCUT2D eigenvalue weighted by molar-refractivity contribution is -0.132. The van der Waals surface area contributed by atoms with Crippen LogP contribution in [-0.2, 0) is 11.2 Å². The second kappa shape index (κ2) is 6.72. The van der Waals surface area contributed by atoms with Crippen molar-refractivity contribution in [1.82, 2.24) is 0 Å². The highest BCUT2D eigenvalue weighted by molar-refractivity contribution is 5.84. The molecule has 8 atom stereocenters. The quantitative estimate of drug-likeness (QED) is 0.758. The van der Waals surface area contributed by atoms with Gasteiger partial charge in [0.1, 0.15) is 11.5 Å². The van der Waals surface area contributed by atoms with Gasteiger partial charge in [-0.2, -0.15) is 0 Å². The van der Waals surface area contributed by atoms with E-state index in [-0.39, 0.29) is 11.3 Å². The number of rotatable bonds is 3. The fraction of sp³-hybridized carbons (Fsp3) is 0.800. The first-order valence-corrected chi connectivity index (χ1v) is 11.6. The summed E-state index contributed by atoms with van der Waals surface area (Å²) in [5.74, 6) is 5.36. The third kappa shape index (κ3) is 3.00. The molecule has 0 spiro atoms. The number of Topliss-reactive ketones (excluding diaryl/α,β-unsaturated/α-hetero) is 1. The fourth-order valence-corrected chi connectivity index (χ4v) is 8.32. The van der Waals surface area contributed by atoms with Crippen LogP contribution in [0.2, 0.25) is 0 Å². The van der Waals surface area contributed by atoms with Crippen LogP contribution in [0.1, 0.15) is 77.4 Å². The van der Waals surface area contributed by atoms with Gasteiger partial charge >= 0.3 is 0 Å². The highest BCUT2D eigenvalue weighted by Gasteiger charge is 2.58. The Morgan fingerprint density at radius 3 is 2.68 bits per heavy atom. The first-order chi connectivity index (χ1) is 13.4. The third-order valence-electron chi connectivity index (χ3n) is 9.55. The van der Waals surface area contributed by atoms with Crippen molar-refractivity contribution in [2.45, 2.75) is 83.7 Å². The van der Waals surface area contributed by atoms with Gasteiger partial charge in [-0.15, -0.1) is 0 Å². The summed E-state index contributed by atoms with van der Waals surface area (Å²) in [7, 11) is 0. The van der Waals surface area contributed by atoms with Crippen LogP contribution in [0, 0.1) is 40.9 Å². The summed E-state index contributed by atoms with van der Waals surface area (Å²) in [5, 5.41) is 10.6. The highest BCUT2D eigenvalue weighted by atomic mass is 16.3. The molecule has 0 aliphatic heterocycles. The molecular weight excluding hydrogens is 348 g/mol. The Labute approximate surface area is 169 Å². The summed E-state index contributed by atoms with van der Waals surface area (Å²) in [6, 6.07) is 3.82. The van der Waals surface area contributed by atoms with Crippen LogP contribution in [-0.4, -0.2) is 16.5 Å². The van der Waals surface area contributed by atoms with Gasteiger partial charge in [-0.05, 0) is 112 Å². The molecule has 4 aliphatic carbocycles. The average molecular weight is 385 g/mol.